The lowest BCUT2D eigenvalue weighted by molar-refractivity contribution is 0.728. The number of hydrogen-bond donors (Lipinski definition) is 1. The van der Waals surface area contributed by atoms with Crippen LogP contribution in [-0.2, 0) is 0 Å². The smallest absolute Gasteiger partial charge is 0.152 e. The third-order valence-electron chi connectivity index (χ3n) is 3.10. The minimum atomic E-state index is 0.233. The van der Waals surface area contributed by atoms with Crippen molar-refractivity contribution in [3.05, 3.63) is 52.3 Å². The van der Waals surface area contributed by atoms with Crippen molar-refractivity contribution in [1.82, 2.24) is 4.98 Å². The van der Waals surface area contributed by atoms with Gasteiger partial charge in [0.05, 0.1) is 11.7 Å². The summed E-state index contributed by atoms with van der Waals surface area (Å²) in [5.74, 6) is 1.09. The van der Waals surface area contributed by atoms with Gasteiger partial charge in [0.25, 0.3) is 0 Å². The quantitative estimate of drug-likeness (QED) is 0.787. The predicted molar refractivity (Wildman–Crippen MR) is 82.4 cm³/mol. The maximum atomic E-state index is 6.10. The molecule has 1 atom stereocenters. The predicted octanol–water partition coefficient (Wildman–Crippen LogP) is 5.04. The van der Waals surface area contributed by atoms with Crippen LogP contribution >= 0.6 is 35.0 Å². The van der Waals surface area contributed by atoms with Crippen LogP contribution in [-0.4, -0.2) is 10.7 Å². The minimum Gasteiger partial charge on any atom is -0.376 e. The third-order valence-corrected chi connectivity index (χ3v) is 4.76. The molecule has 1 aliphatic rings. The van der Waals surface area contributed by atoms with E-state index in [4.69, 9.17) is 23.2 Å². The van der Waals surface area contributed by atoms with Crippen molar-refractivity contribution >= 4 is 40.7 Å². The van der Waals surface area contributed by atoms with E-state index in [1.54, 1.807) is 6.20 Å². The van der Waals surface area contributed by atoms with Gasteiger partial charge in [-0.05, 0) is 42.3 Å². The molecule has 0 spiro atoms. The Balaban J connectivity index is 1.92. The molecule has 19 heavy (non-hydrogen) atoms. The van der Waals surface area contributed by atoms with Gasteiger partial charge in [-0.1, -0.05) is 23.2 Å². The van der Waals surface area contributed by atoms with E-state index in [2.05, 4.69) is 16.4 Å². The van der Waals surface area contributed by atoms with Crippen LogP contribution in [0.4, 0.5) is 5.69 Å². The number of anilines is 1. The first kappa shape index (κ1) is 13.1. The average Bonchev–Trinajstić information content (AvgIpc) is 2.42. The lowest BCUT2D eigenvalue weighted by atomic mass is 10.0. The molecule has 1 N–H and O–H groups in total. The Morgan fingerprint density at radius 1 is 1.26 bits per heavy atom. The molecule has 2 aromatic rings. The molecule has 2 heterocycles. The number of benzene rings is 1. The van der Waals surface area contributed by atoms with Gasteiger partial charge < -0.3 is 5.32 Å². The molecule has 2 nitrogen and oxygen atoms in total. The zero-order chi connectivity index (χ0) is 13.2. The Labute approximate surface area is 126 Å². The maximum Gasteiger partial charge on any atom is 0.152 e. The number of hydrogen-bond acceptors (Lipinski definition) is 3. The highest BCUT2D eigenvalue weighted by atomic mass is 35.5. The number of fused-ring (bicyclic) bond motifs is 1. The van der Waals surface area contributed by atoms with Crippen molar-refractivity contribution in [2.75, 3.05) is 11.1 Å². The topological polar surface area (TPSA) is 24.9 Å². The molecule has 0 bridgehead atoms. The maximum absolute atomic E-state index is 6.10. The molecule has 5 heteroatoms. The SMILES string of the molecule is Clc1ccc2c(c1)C(Nc1cccnc1Cl)CCS2. The molecular formula is C14H12Cl2N2S. The van der Waals surface area contributed by atoms with Crippen molar-refractivity contribution in [3.63, 3.8) is 0 Å². The summed E-state index contributed by atoms with van der Waals surface area (Å²) < 4.78 is 0. The summed E-state index contributed by atoms with van der Waals surface area (Å²) in [6, 6.07) is 10.1. The van der Waals surface area contributed by atoms with Crippen LogP contribution in [0, 0.1) is 0 Å². The number of nitrogens with zero attached hydrogens (tertiary/aromatic N) is 1. The molecule has 0 fully saturated rings. The van der Waals surface area contributed by atoms with Crippen LogP contribution in [0.1, 0.15) is 18.0 Å². The summed E-state index contributed by atoms with van der Waals surface area (Å²) in [5.41, 5.74) is 2.11. The number of aromatic nitrogens is 1. The Morgan fingerprint density at radius 3 is 3.00 bits per heavy atom. The second-order valence-electron chi connectivity index (χ2n) is 4.36. The van der Waals surface area contributed by atoms with Gasteiger partial charge in [-0.15, -0.1) is 11.8 Å². The van der Waals surface area contributed by atoms with E-state index in [0.29, 0.717) is 5.15 Å². The van der Waals surface area contributed by atoms with Gasteiger partial charge >= 0.3 is 0 Å². The summed E-state index contributed by atoms with van der Waals surface area (Å²) >= 11 is 14.1. The highest BCUT2D eigenvalue weighted by Gasteiger charge is 2.21. The molecule has 0 radical (unpaired) electrons. The molecular weight excluding hydrogens is 299 g/mol. The fourth-order valence-corrected chi connectivity index (χ4v) is 3.66. The molecule has 98 valence electrons. The van der Waals surface area contributed by atoms with E-state index in [9.17, 15) is 0 Å². The van der Waals surface area contributed by atoms with Gasteiger partial charge in [-0.25, -0.2) is 4.98 Å². The Bertz CT molecular complexity index is 604. The number of nitrogens with one attached hydrogen (secondary N) is 1. The zero-order valence-electron chi connectivity index (χ0n) is 10.1. The van der Waals surface area contributed by atoms with Crippen LogP contribution in [0.2, 0.25) is 10.2 Å². The highest BCUT2D eigenvalue weighted by Crippen LogP contribution is 2.39. The first-order valence-corrected chi connectivity index (χ1v) is 7.77. The minimum absolute atomic E-state index is 0.233. The Kier molecular flexibility index (Phi) is 3.87. The van der Waals surface area contributed by atoms with Crippen LogP contribution in [0.15, 0.2) is 41.4 Å². The van der Waals surface area contributed by atoms with Crippen LogP contribution in [0.5, 0.6) is 0 Å². The van der Waals surface area contributed by atoms with Gasteiger partial charge in [-0.2, -0.15) is 0 Å². The van der Waals surface area contributed by atoms with Crippen LogP contribution < -0.4 is 5.32 Å². The van der Waals surface area contributed by atoms with Crippen molar-refractivity contribution in [3.8, 4) is 0 Å². The molecule has 1 aliphatic heterocycles. The average molecular weight is 311 g/mol. The van der Waals surface area contributed by atoms with Crippen molar-refractivity contribution in [2.24, 2.45) is 0 Å². The molecule has 0 amide bonds. The van der Waals surface area contributed by atoms with Crippen LogP contribution in [0.25, 0.3) is 0 Å². The van der Waals surface area contributed by atoms with Crippen molar-refractivity contribution in [2.45, 2.75) is 17.4 Å². The Morgan fingerprint density at radius 2 is 2.16 bits per heavy atom. The molecule has 1 aromatic heterocycles. The summed E-state index contributed by atoms with van der Waals surface area (Å²) in [7, 11) is 0. The van der Waals surface area contributed by atoms with Gasteiger partial charge in [0.1, 0.15) is 0 Å². The molecule has 0 saturated carbocycles. The fourth-order valence-electron chi connectivity index (χ4n) is 2.20. The summed E-state index contributed by atoms with van der Waals surface area (Å²) in [5, 5.41) is 4.74. The van der Waals surface area contributed by atoms with Gasteiger partial charge in [0.2, 0.25) is 0 Å². The van der Waals surface area contributed by atoms with E-state index in [0.717, 1.165) is 22.9 Å². The Hall–Kier alpha value is -0.900. The van der Waals surface area contributed by atoms with E-state index < -0.39 is 0 Å². The van der Waals surface area contributed by atoms with Crippen LogP contribution in [0.3, 0.4) is 0 Å². The molecule has 3 rings (SSSR count). The highest BCUT2D eigenvalue weighted by molar-refractivity contribution is 7.99. The van der Waals surface area contributed by atoms with E-state index in [1.807, 2.05) is 36.0 Å². The van der Waals surface area contributed by atoms with Gasteiger partial charge in [0.15, 0.2) is 5.15 Å². The molecule has 0 saturated heterocycles. The van der Waals surface area contributed by atoms with Crippen molar-refractivity contribution in [1.29, 1.82) is 0 Å². The number of thioether (sulfide) groups is 1. The number of rotatable bonds is 2. The first-order valence-electron chi connectivity index (χ1n) is 6.03. The fraction of sp³-hybridized carbons (Fsp3) is 0.214. The summed E-state index contributed by atoms with van der Waals surface area (Å²) in [4.78, 5) is 5.38. The first-order chi connectivity index (χ1) is 9.24. The van der Waals surface area contributed by atoms with E-state index in [1.165, 1.54) is 10.5 Å². The lowest BCUT2D eigenvalue weighted by Crippen LogP contribution is -2.16. The molecule has 1 aromatic carbocycles. The monoisotopic (exact) mass is 310 g/mol. The van der Waals surface area contributed by atoms with Crippen molar-refractivity contribution < 1.29 is 0 Å². The number of pyridine rings is 1. The number of halogens is 2. The second kappa shape index (κ2) is 5.61. The standard InChI is InChI=1S/C14H12Cl2N2S/c15-9-3-4-13-10(8-9)11(5-7-19-13)18-12-2-1-6-17-14(12)16/h1-4,6,8,11,18H,5,7H2. The molecule has 1 unspecified atom stereocenters. The normalized spacial score (nSPS) is 17.9. The second-order valence-corrected chi connectivity index (χ2v) is 6.29. The zero-order valence-corrected chi connectivity index (χ0v) is 12.4. The lowest BCUT2D eigenvalue weighted by Gasteiger charge is -2.27. The molecule has 0 aliphatic carbocycles. The largest absolute Gasteiger partial charge is 0.376 e. The summed E-state index contributed by atoms with van der Waals surface area (Å²) in [6.45, 7) is 0. The van der Waals surface area contributed by atoms with Gasteiger partial charge in [0, 0.05) is 21.9 Å². The van der Waals surface area contributed by atoms with Gasteiger partial charge in [-0.3, -0.25) is 0 Å². The summed E-state index contributed by atoms with van der Waals surface area (Å²) in [6.07, 6.45) is 2.73. The van der Waals surface area contributed by atoms with E-state index >= 15 is 0 Å². The van der Waals surface area contributed by atoms with E-state index in [-0.39, 0.29) is 6.04 Å². The third kappa shape index (κ3) is 2.83.